The van der Waals surface area contributed by atoms with E-state index in [-0.39, 0.29) is 29.5 Å². The maximum absolute atomic E-state index is 12.8. The Morgan fingerprint density at radius 2 is 1.56 bits per heavy atom. The number of rotatable bonds is 10. The maximum Gasteiger partial charge on any atom is 0.251 e. The average Bonchev–Trinajstić information content (AvgIpc) is 3.21. The Hall–Kier alpha value is -3.53. The van der Waals surface area contributed by atoms with Gasteiger partial charge in [0.05, 0.1) is 26.0 Å². The van der Waals surface area contributed by atoms with Crippen LogP contribution in [0.2, 0.25) is 0 Å². The van der Waals surface area contributed by atoms with Crippen LogP contribution in [0.4, 0.5) is 5.69 Å². The Morgan fingerprint density at radius 1 is 0.971 bits per heavy atom. The topological polar surface area (TPSA) is 107 Å². The first-order chi connectivity index (χ1) is 16.3. The van der Waals surface area contributed by atoms with Crippen LogP contribution in [0.5, 0.6) is 11.5 Å². The highest BCUT2D eigenvalue weighted by Gasteiger charge is 2.25. The lowest BCUT2D eigenvalue weighted by Gasteiger charge is -2.21. The second-order valence-corrected chi connectivity index (χ2v) is 8.83. The van der Waals surface area contributed by atoms with Crippen LogP contribution < -0.4 is 20.1 Å². The fourth-order valence-corrected chi connectivity index (χ4v) is 3.94. The van der Waals surface area contributed by atoms with Crippen molar-refractivity contribution in [2.75, 3.05) is 25.3 Å². The lowest BCUT2D eigenvalue weighted by molar-refractivity contribution is -0.113. The third-order valence-electron chi connectivity index (χ3n) is 5.16. The number of nitrogens with zero attached hydrogens (tertiary/aromatic N) is 3. The minimum Gasteiger partial charge on any atom is -0.497 e. The smallest absolute Gasteiger partial charge is 0.251 e. The van der Waals surface area contributed by atoms with Crippen molar-refractivity contribution in [2.45, 2.75) is 25.0 Å². The van der Waals surface area contributed by atoms with E-state index in [0.717, 1.165) is 5.75 Å². The number of hydrogen-bond acceptors (Lipinski definition) is 7. The van der Waals surface area contributed by atoms with Crippen LogP contribution in [0.3, 0.4) is 0 Å². The molecule has 2 N–H and O–H groups in total. The van der Waals surface area contributed by atoms with Gasteiger partial charge >= 0.3 is 0 Å². The number of carbonyl (C=O) groups is 2. The monoisotopic (exact) mass is 483 g/mol. The predicted octanol–water partition coefficient (Wildman–Crippen LogP) is 3.69. The molecule has 10 heteroatoms. The van der Waals surface area contributed by atoms with Gasteiger partial charge in [-0.15, -0.1) is 10.2 Å². The van der Waals surface area contributed by atoms with Crippen molar-refractivity contribution in [2.24, 2.45) is 13.0 Å². The molecule has 2 aromatic carbocycles. The first-order valence-corrected chi connectivity index (χ1v) is 11.7. The van der Waals surface area contributed by atoms with Gasteiger partial charge in [-0.3, -0.25) is 9.59 Å². The molecule has 0 radical (unpaired) electrons. The second-order valence-electron chi connectivity index (χ2n) is 7.89. The molecular weight excluding hydrogens is 454 g/mol. The van der Waals surface area contributed by atoms with Gasteiger partial charge in [0, 0.05) is 18.3 Å². The second kappa shape index (κ2) is 11.6. The van der Waals surface area contributed by atoms with E-state index < -0.39 is 0 Å². The number of carbonyl (C=O) groups excluding carboxylic acids is 2. The third kappa shape index (κ3) is 6.28. The van der Waals surface area contributed by atoms with Crippen LogP contribution in [-0.2, 0) is 11.8 Å². The van der Waals surface area contributed by atoms with E-state index in [1.54, 1.807) is 62.8 Å². The highest BCUT2D eigenvalue weighted by molar-refractivity contribution is 7.99. The summed E-state index contributed by atoms with van der Waals surface area (Å²) >= 11 is 1.28. The Labute approximate surface area is 203 Å². The van der Waals surface area contributed by atoms with Gasteiger partial charge in [0.1, 0.15) is 11.5 Å². The fraction of sp³-hybridized carbons (Fsp3) is 0.333. The summed E-state index contributed by atoms with van der Waals surface area (Å²) in [5.41, 5.74) is 1.21. The van der Waals surface area contributed by atoms with E-state index in [4.69, 9.17) is 9.47 Å². The number of ether oxygens (including phenoxy) is 2. The Morgan fingerprint density at radius 3 is 2.12 bits per heavy atom. The van der Waals surface area contributed by atoms with Crippen LogP contribution in [0.15, 0.2) is 53.7 Å². The van der Waals surface area contributed by atoms with E-state index in [1.165, 1.54) is 11.8 Å². The zero-order valence-electron chi connectivity index (χ0n) is 19.9. The molecule has 1 atom stereocenters. The largest absolute Gasteiger partial charge is 0.497 e. The predicted molar refractivity (Wildman–Crippen MR) is 131 cm³/mol. The molecule has 0 aliphatic rings. The normalized spacial score (nSPS) is 11.7. The van der Waals surface area contributed by atoms with Crippen molar-refractivity contribution in [1.29, 1.82) is 0 Å². The number of nitrogens with one attached hydrogen (secondary N) is 2. The molecule has 9 nitrogen and oxygen atoms in total. The van der Waals surface area contributed by atoms with Gasteiger partial charge in [-0.05, 0) is 54.4 Å². The number of amides is 2. The lowest BCUT2D eigenvalue weighted by atomic mass is 10.0. The summed E-state index contributed by atoms with van der Waals surface area (Å²) in [5, 5.41) is 15.0. The minimum atomic E-state index is -0.352. The van der Waals surface area contributed by atoms with Gasteiger partial charge in [-0.1, -0.05) is 25.6 Å². The summed E-state index contributed by atoms with van der Waals surface area (Å²) in [6.45, 7) is 4.01. The molecule has 0 fully saturated rings. The van der Waals surface area contributed by atoms with Gasteiger partial charge in [0.25, 0.3) is 5.91 Å². The summed E-state index contributed by atoms with van der Waals surface area (Å²) in [6, 6.07) is 13.7. The average molecular weight is 484 g/mol. The summed E-state index contributed by atoms with van der Waals surface area (Å²) in [6.07, 6.45) is 0. The van der Waals surface area contributed by atoms with E-state index in [0.29, 0.717) is 28.0 Å². The van der Waals surface area contributed by atoms with Crippen LogP contribution in [0, 0.1) is 5.92 Å². The standard InChI is InChI=1S/C24H29N5O4S/c1-15(2)21(26-23(31)16-6-10-18(32-4)11-7-16)22-27-28-24(29(22)3)34-14-20(30)25-17-8-12-19(33-5)13-9-17/h6-13,15,21H,14H2,1-5H3,(H,25,30)(H,26,31)/t21-/m1/s1. The van der Waals surface area contributed by atoms with Gasteiger partial charge in [0.2, 0.25) is 5.91 Å². The van der Waals surface area contributed by atoms with Crippen molar-refractivity contribution < 1.29 is 19.1 Å². The molecule has 1 heterocycles. The maximum atomic E-state index is 12.8. The molecule has 0 bridgehead atoms. The van der Waals surface area contributed by atoms with Gasteiger partial charge < -0.3 is 24.7 Å². The zero-order chi connectivity index (χ0) is 24.7. The Balaban J connectivity index is 1.63. The van der Waals surface area contributed by atoms with E-state index >= 15 is 0 Å². The molecule has 0 saturated carbocycles. The molecule has 0 unspecified atom stereocenters. The highest BCUT2D eigenvalue weighted by atomic mass is 32.2. The summed E-state index contributed by atoms with van der Waals surface area (Å²) in [5.74, 6) is 1.89. The van der Waals surface area contributed by atoms with Crippen molar-refractivity contribution in [3.05, 3.63) is 59.9 Å². The quantitative estimate of drug-likeness (QED) is 0.424. The van der Waals surface area contributed by atoms with Crippen LogP contribution in [0.1, 0.15) is 36.1 Å². The van der Waals surface area contributed by atoms with Gasteiger partial charge in [-0.25, -0.2) is 0 Å². The zero-order valence-corrected chi connectivity index (χ0v) is 20.7. The van der Waals surface area contributed by atoms with Crippen molar-refractivity contribution in [3.63, 3.8) is 0 Å². The van der Waals surface area contributed by atoms with Crippen molar-refractivity contribution in [1.82, 2.24) is 20.1 Å². The molecule has 1 aromatic heterocycles. The van der Waals surface area contributed by atoms with E-state index in [2.05, 4.69) is 20.8 Å². The summed E-state index contributed by atoms with van der Waals surface area (Å²) in [4.78, 5) is 25.2. The van der Waals surface area contributed by atoms with Gasteiger partial charge in [-0.2, -0.15) is 0 Å². The molecule has 2 amide bonds. The molecule has 180 valence electrons. The molecule has 34 heavy (non-hydrogen) atoms. The number of methoxy groups -OCH3 is 2. The fourth-order valence-electron chi connectivity index (χ4n) is 3.22. The van der Waals surface area contributed by atoms with Crippen molar-refractivity contribution in [3.8, 4) is 11.5 Å². The van der Waals surface area contributed by atoms with Crippen molar-refractivity contribution >= 4 is 29.3 Å². The Bertz CT molecular complexity index is 1110. The molecule has 0 spiro atoms. The highest BCUT2D eigenvalue weighted by Crippen LogP contribution is 2.25. The molecule has 3 rings (SSSR count). The molecular formula is C24H29N5O4S. The number of anilines is 1. The third-order valence-corrected chi connectivity index (χ3v) is 6.18. The van der Waals surface area contributed by atoms with Crippen LogP contribution in [-0.4, -0.2) is 46.6 Å². The van der Waals surface area contributed by atoms with E-state index in [1.807, 2.05) is 25.5 Å². The SMILES string of the molecule is COc1ccc(NC(=O)CSc2nnc([C@H](NC(=O)c3ccc(OC)cc3)C(C)C)n2C)cc1. The van der Waals surface area contributed by atoms with E-state index in [9.17, 15) is 9.59 Å². The summed E-state index contributed by atoms with van der Waals surface area (Å²) in [7, 11) is 5.00. The molecule has 0 saturated heterocycles. The minimum absolute atomic E-state index is 0.0707. The molecule has 0 aliphatic heterocycles. The first-order valence-electron chi connectivity index (χ1n) is 10.7. The van der Waals surface area contributed by atoms with Gasteiger partial charge in [0.15, 0.2) is 11.0 Å². The number of thioether (sulfide) groups is 1. The first kappa shape index (κ1) is 25.1. The molecule has 3 aromatic rings. The molecule has 0 aliphatic carbocycles. The van der Waals surface area contributed by atoms with Crippen LogP contribution in [0.25, 0.3) is 0 Å². The lowest BCUT2D eigenvalue weighted by Crippen LogP contribution is -2.33. The summed E-state index contributed by atoms with van der Waals surface area (Å²) < 4.78 is 12.1. The van der Waals surface area contributed by atoms with Crippen LogP contribution >= 0.6 is 11.8 Å². The number of aromatic nitrogens is 3. The number of benzene rings is 2. The number of hydrogen-bond donors (Lipinski definition) is 2. The Kier molecular flexibility index (Phi) is 8.53.